The van der Waals surface area contributed by atoms with Gasteiger partial charge in [-0.3, -0.25) is 9.69 Å². The summed E-state index contributed by atoms with van der Waals surface area (Å²) in [5, 5.41) is 2.85. The zero-order valence-electron chi connectivity index (χ0n) is 12.4. The fraction of sp³-hybridized carbons (Fsp3) is 0.312. The van der Waals surface area contributed by atoms with Crippen molar-refractivity contribution in [2.24, 2.45) is 0 Å². The fourth-order valence-electron chi connectivity index (χ4n) is 2.00. The van der Waals surface area contributed by atoms with Gasteiger partial charge in [-0.1, -0.05) is 0 Å². The van der Waals surface area contributed by atoms with Crippen LogP contribution >= 0.6 is 0 Å². The van der Waals surface area contributed by atoms with Gasteiger partial charge in [0, 0.05) is 24.3 Å². The molecule has 0 radical (unpaired) electrons. The van der Waals surface area contributed by atoms with Crippen LogP contribution in [0.25, 0.3) is 0 Å². The van der Waals surface area contributed by atoms with Gasteiger partial charge in [0.15, 0.2) is 0 Å². The van der Waals surface area contributed by atoms with Gasteiger partial charge in [0.25, 0.3) is 0 Å². The van der Waals surface area contributed by atoms with Crippen molar-refractivity contribution in [1.29, 1.82) is 0 Å². The van der Waals surface area contributed by atoms with E-state index in [2.05, 4.69) is 10.2 Å². The Morgan fingerprint density at radius 2 is 1.95 bits per heavy atom. The smallest absolute Gasteiger partial charge is 0.225 e. The Morgan fingerprint density at radius 3 is 2.57 bits per heavy atom. The highest BCUT2D eigenvalue weighted by Crippen LogP contribution is 2.11. The van der Waals surface area contributed by atoms with Crippen LogP contribution in [0.1, 0.15) is 17.9 Å². The van der Waals surface area contributed by atoms with Crippen molar-refractivity contribution in [3.05, 3.63) is 47.9 Å². The van der Waals surface area contributed by atoms with Crippen molar-refractivity contribution < 1.29 is 9.21 Å². The average Bonchev–Trinajstić information content (AvgIpc) is 2.84. The topological polar surface area (TPSA) is 71.5 Å². The zero-order chi connectivity index (χ0) is 15.2. The van der Waals surface area contributed by atoms with Gasteiger partial charge in [-0.25, -0.2) is 0 Å². The van der Waals surface area contributed by atoms with E-state index in [1.165, 1.54) is 0 Å². The number of aryl methyl sites for hydroxylation is 1. The molecule has 0 aliphatic rings. The van der Waals surface area contributed by atoms with E-state index in [0.29, 0.717) is 25.2 Å². The lowest BCUT2D eigenvalue weighted by molar-refractivity contribution is -0.116. The molecule has 0 saturated heterocycles. The lowest BCUT2D eigenvalue weighted by Crippen LogP contribution is -2.23. The van der Waals surface area contributed by atoms with Crippen LogP contribution < -0.4 is 11.1 Å². The number of nitrogens with zero attached hydrogens (tertiary/aromatic N) is 1. The van der Waals surface area contributed by atoms with E-state index in [0.717, 1.165) is 17.2 Å². The van der Waals surface area contributed by atoms with Crippen molar-refractivity contribution in [1.82, 2.24) is 4.90 Å². The Balaban J connectivity index is 1.74. The van der Waals surface area contributed by atoms with Crippen LogP contribution in [0.3, 0.4) is 0 Å². The van der Waals surface area contributed by atoms with Crippen molar-refractivity contribution >= 4 is 17.3 Å². The van der Waals surface area contributed by atoms with Crippen molar-refractivity contribution in [2.75, 3.05) is 24.6 Å². The van der Waals surface area contributed by atoms with E-state index in [4.69, 9.17) is 10.2 Å². The highest BCUT2D eigenvalue weighted by atomic mass is 16.3. The van der Waals surface area contributed by atoms with Gasteiger partial charge in [-0.05, 0) is 50.4 Å². The highest BCUT2D eigenvalue weighted by Gasteiger charge is 2.07. The second-order valence-electron chi connectivity index (χ2n) is 5.17. The number of anilines is 2. The quantitative estimate of drug-likeness (QED) is 0.801. The summed E-state index contributed by atoms with van der Waals surface area (Å²) in [5.74, 6) is 1.80. The maximum absolute atomic E-state index is 11.9. The maximum atomic E-state index is 11.9. The van der Waals surface area contributed by atoms with Crippen LogP contribution in [0, 0.1) is 6.92 Å². The van der Waals surface area contributed by atoms with Gasteiger partial charge in [0.1, 0.15) is 11.5 Å². The monoisotopic (exact) mass is 287 g/mol. The van der Waals surface area contributed by atoms with Gasteiger partial charge in [-0.15, -0.1) is 0 Å². The lowest BCUT2D eigenvalue weighted by atomic mass is 10.2. The number of nitrogen functional groups attached to an aromatic ring is 1. The minimum atomic E-state index is -0.0118. The number of benzene rings is 1. The first-order valence-electron chi connectivity index (χ1n) is 6.92. The SMILES string of the molecule is Cc1ccc(CN(C)CCC(=O)Nc2ccc(N)cc2)o1. The molecule has 1 aromatic carbocycles. The van der Waals surface area contributed by atoms with Crippen LogP contribution in [-0.4, -0.2) is 24.4 Å². The second-order valence-corrected chi connectivity index (χ2v) is 5.17. The Hall–Kier alpha value is -2.27. The Bertz CT molecular complexity index is 590. The molecule has 2 aromatic rings. The van der Waals surface area contributed by atoms with Crippen LogP contribution in [0.4, 0.5) is 11.4 Å². The number of hydrogen-bond donors (Lipinski definition) is 2. The average molecular weight is 287 g/mol. The summed E-state index contributed by atoms with van der Waals surface area (Å²) >= 11 is 0. The van der Waals surface area contributed by atoms with E-state index >= 15 is 0 Å². The molecule has 0 spiro atoms. The summed E-state index contributed by atoms with van der Waals surface area (Å²) in [6, 6.07) is 11.0. The minimum absolute atomic E-state index is 0.0118. The first-order valence-corrected chi connectivity index (χ1v) is 6.92. The summed E-state index contributed by atoms with van der Waals surface area (Å²) in [6.45, 7) is 3.28. The standard InChI is InChI=1S/C16H21N3O2/c1-12-3-8-15(21-12)11-19(2)10-9-16(20)18-14-6-4-13(17)5-7-14/h3-8H,9-11,17H2,1-2H3,(H,18,20). The third-order valence-electron chi connectivity index (χ3n) is 3.14. The van der Waals surface area contributed by atoms with E-state index in [9.17, 15) is 4.79 Å². The molecule has 1 heterocycles. The van der Waals surface area contributed by atoms with E-state index in [-0.39, 0.29) is 5.91 Å². The highest BCUT2D eigenvalue weighted by molar-refractivity contribution is 5.90. The first kappa shape index (κ1) is 15.1. The molecular weight excluding hydrogens is 266 g/mol. The molecule has 112 valence electrons. The van der Waals surface area contributed by atoms with Crippen molar-refractivity contribution in [3.63, 3.8) is 0 Å². The molecule has 5 nitrogen and oxygen atoms in total. The lowest BCUT2D eigenvalue weighted by Gasteiger charge is -2.14. The zero-order valence-corrected chi connectivity index (χ0v) is 12.4. The maximum Gasteiger partial charge on any atom is 0.225 e. The third-order valence-corrected chi connectivity index (χ3v) is 3.14. The molecule has 1 aromatic heterocycles. The predicted molar refractivity (Wildman–Crippen MR) is 83.9 cm³/mol. The summed E-state index contributed by atoms with van der Waals surface area (Å²) in [4.78, 5) is 13.9. The van der Waals surface area contributed by atoms with E-state index in [1.54, 1.807) is 24.3 Å². The molecule has 0 aliphatic carbocycles. The molecule has 1 amide bonds. The molecule has 0 fully saturated rings. The summed E-state index contributed by atoms with van der Waals surface area (Å²) in [6.07, 6.45) is 0.431. The number of furan rings is 1. The van der Waals surface area contributed by atoms with Gasteiger partial charge in [0.05, 0.1) is 6.54 Å². The summed E-state index contributed by atoms with van der Waals surface area (Å²) in [7, 11) is 1.97. The van der Waals surface area contributed by atoms with Crippen LogP contribution in [0.5, 0.6) is 0 Å². The molecule has 0 saturated carbocycles. The largest absolute Gasteiger partial charge is 0.465 e. The normalized spacial score (nSPS) is 10.8. The molecule has 2 rings (SSSR count). The Labute approximate surface area is 124 Å². The van der Waals surface area contributed by atoms with E-state index < -0.39 is 0 Å². The minimum Gasteiger partial charge on any atom is -0.465 e. The van der Waals surface area contributed by atoms with Gasteiger partial charge in [-0.2, -0.15) is 0 Å². The van der Waals surface area contributed by atoms with Crippen LogP contribution in [-0.2, 0) is 11.3 Å². The summed E-state index contributed by atoms with van der Waals surface area (Å²) in [5.41, 5.74) is 7.05. The number of nitrogens with two attached hydrogens (primary N) is 1. The Kier molecular flexibility index (Phi) is 5.00. The number of rotatable bonds is 6. The number of nitrogens with one attached hydrogen (secondary N) is 1. The molecular formula is C16H21N3O2. The predicted octanol–water partition coefficient (Wildman–Crippen LogP) is 2.63. The molecule has 0 unspecified atom stereocenters. The molecule has 0 atom stereocenters. The number of hydrogen-bond acceptors (Lipinski definition) is 4. The number of carbonyl (C=O) groups excluding carboxylic acids is 1. The van der Waals surface area contributed by atoms with Gasteiger partial charge < -0.3 is 15.5 Å². The van der Waals surface area contributed by atoms with Crippen molar-refractivity contribution in [3.8, 4) is 0 Å². The van der Waals surface area contributed by atoms with Crippen molar-refractivity contribution in [2.45, 2.75) is 19.9 Å². The van der Waals surface area contributed by atoms with Crippen LogP contribution in [0.2, 0.25) is 0 Å². The molecule has 3 N–H and O–H groups in total. The third kappa shape index (κ3) is 4.96. The Morgan fingerprint density at radius 1 is 1.24 bits per heavy atom. The summed E-state index contributed by atoms with van der Waals surface area (Å²) < 4.78 is 5.51. The molecule has 5 heteroatoms. The number of amides is 1. The fourth-order valence-corrected chi connectivity index (χ4v) is 2.00. The molecule has 0 bridgehead atoms. The second kappa shape index (κ2) is 6.95. The first-order chi connectivity index (χ1) is 10.0. The molecule has 21 heavy (non-hydrogen) atoms. The van der Waals surface area contributed by atoms with Crippen LogP contribution in [0.15, 0.2) is 40.8 Å². The van der Waals surface area contributed by atoms with Gasteiger partial charge >= 0.3 is 0 Å². The van der Waals surface area contributed by atoms with Gasteiger partial charge in [0.2, 0.25) is 5.91 Å². The molecule has 0 aliphatic heterocycles. The number of carbonyl (C=O) groups is 1. The van der Waals surface area contributed by atoms with E-state index in [1.807, 2.05) is 26.1 Å².